The molecule has 1 aliphatic heterocycles. The molecule has 0 amide bonds. The van der Waals surface area contributed by atoms with E-state index in [0.717, 1.165) is 0 Å². The van der Waals surface area contributed by atoms with E-state index >= 15 is 0 Å². The van der Waals surface area contributed by atoms with Crippen LogP contribution in [0.3, 0.4) is 0 Å². The number of ether oxygens (including phenoxy) is 6. The first kappa shape index (κ1) is 22.2. The van der Waals surface area contributed by atoms with Crippen molar-refractivity contribution in [1.29, 1.82) is 0 Å². The molecular formula is C16H30O9. The van der Waals surface area contributed by atoms with Crippen LogP contribution in [0.5, 0.6) is 0 Å². The molecule has 9 heteroatoms. The molecule has 25 heavy (non-hydrogen) atoms. The molecule has 0 unspecified atom stereocenters. The molecule has 2 N–H and O–H groups in total. The van der Waals surface area contributed by atoms with Crippen LogP contribution in [0.15, 0.2) is 0 Å². The van der Waals surface area contributed by atoms with Crippen LogP contribution in [0.25, 0.3) is 0 Å². The van der Waals surface area contributed by atoms with Gasteiger partial charge in [0.15, 0.2) is 6.29 Å². The maximum Gasteiger partial charge on any atom is 0.329 e. The zero-order valence-electron chi connectivity index (χ0n) is 15.3. The zero-order valence-corrected chi connectivity index (χ0v) is 15.3. The maximum absolute atomic E-state index is 10.8. The van der Waals surface area contributed by atoms with Crippen LogP contribution < -0.4 is 0 Å². The minimum Gasteiger partial charge on any atom is -0.480 e. The summed E-state index contributed by atoms with van der Waals surface area (Å²) in [6, 6.07) is 0. The van der Waals surface area contributed by atoms with Gasteiger partial charge in [0.25, 0.3) is 0 Å². The molecule has 0 aromatic rings. The number of carboxylic acid groups (broad SMARTS) is 1. The molecule has 1 rings (SSSR count). The zero-order chi connectivity index (χ0) is 18.8. The van der Waals surface area contributed by atoms with Gasteiger partial charge in [0.1, 0.15) is 31.0 Å². The smallest absolute Gasteiger partial charge is 0.329 e. The number of rotatable bonds is 12. The Kier molecular flexibility index (Phi) is 10.4. The van der Waals surface area contributed by atoms with Crippen molar-refractivity contribution in [1.82, 2.24) is 0 Å². The molecular weight excluding hydrogens is 336 g/mol. The normalized spacial score (nSPS) is 29.9. The van der Waals surface area contributed by atoms with Crippen LogP contribution in [0.1, 0.15) is 13.8 Å². The number of aliphatic hydroxyl groups is 1. The molecule has 0 saturated carbocycles. The Morgan fingerprint density at radius 3 is 2.32 bits per heavy atom. The number of aliphatic carboxylic acids is 1. The molecule has 148 valence electrons. The van der Waals surface area contributed by atoms with Gasteiger partial charge >= 0.3 is 5.97 Å². The van der Waals surface area contributed by atoms with Crippen molar-refractivity contribution in [3.05, 3.63) is 0 Å². The van der Waals surface area contributed by atoms with E-state index in [1.54, 1.807) is 0 Å². The first-order chi connectivity index (χ1) is 11.9. The number of carbonyl (C=O) groups is 1. The fourth-order valence-electron chi connectivity index (χ4n) is 2.64. The summed E-state index contributed by atoms with van der Waals surface area (Å²) < 4.78 is 33.4. The van der Waals surface area contributed by atoms with E-state index in [4.69, 9.17) is 38.6 Å². The van der Waals surface area contributed by atoms with Gasteiger partial charge in [0, 0.05) is 20.8 Å². The van der Waals surface area contributed by atoms with Crippen molar-refractivity contribution in [3.8, 4) is 0 Å². The quantitative estimate of drug-likeness (QED) is 0.488. The highest BCUT2D eigenvalue weighted by Gasteiger charge is 2.48. The van der Waals surface area contributed by atoms with Crippen molar-refractivity contribution < 1.29 is 43.4 Å². The summed E-state index contributed by atoms with van der Waals surface area (Å²) in [5.74, 6) is -0.762. The maximum atomic E-state index is 10.8. The molecule has 5 atom stereocenters. The van der Waals surface area contributed by atoms with Crippen molar-refractivity contribution in [3.63, 3.8) is 0 Å². The monoisotopic (exact) mass is 366 g/mol. The molecule has 1 saturated heterocycles. The molecule has 1 heterocycles. The van der Waals surface area contributed by atoms with E-state index in [1.165, 1.54) is 14.2 Å². The van der Waals surface area contributed by atoms with Gasteiger partial charge in [-0.2, -0.15) is 0 Å². The second-order valence-corrected chi connectivity index (χ2v) is 6.14. The average Bonchev–Trinajstić information content (AvgIpc) is 2.57. The van der Waals surface area contributed by atoms with Crippen molar-refractivity contribution in [2.24, 2.45) is 5.92 Å². The van der Waals surface area contributed by atoms with E-state index in [-0.39, 0.29) is 19.8 Å². The molecule has 0 bridgehead atoms. The molecule has 0 aromatic carbocycles. The molecule has 0 aromatic heterocycles. The van der Waals surface area contributed by atoms with Crippen molar-refractivity contribution in [2.75, 3.05) is 47.3 Å². The molecule has 0 spiro atoms. The third-order valence-corrected chi connectivity index (χ3v) is 3.64. The first-order valence-corrected chi connectivity index (χ1v) is 8.29. The highest BCUT2D eigenvalue weighted by molar-refractivity contribution is 5.68. The lowest BCUT2D eigenvalue weighted by molar-refractivity contribution is -0.317. The van der Waals surface area contributed by atoms with Crippen LogP contribution in [-0.4, -0.2) is 94.1 Å². The predicted octanol–water partition coefficient (Wildman–Crippen LogP) is -0.107. The van der Waals surface area contributed by atoms with Crippen LogP contribution in [-0.2, 0) is 33.2 Å². The Labute approximate surface area is 148 Å². The van der Waals surface area contributed by atoms with Crippen molar-refractivity contribution >= 4 is 5.97 Å². The predicted molar refractivity (Wildman–Crippen MR) is 86.3 cm³/mol. The average molecular weight is 366 g/mol. The SMILES string of the molecule is CO[C@@H]1[C@H](OCCO)[C@@H](OCC(=O)O)O[C@H](COCC(C)C)[C@H]1OC. The van der Waals surface area contributed by atoms with Gasteiger partial charge in [0.2, 0.25) is 0 Å². The van der Waals surface area contributed by atoms with E-state index in [2.05, 4.69) is 0 Å². The van der Waals surface area contributed by atoms with Crippen LogP contribution >= 0.6 is 0 Å². The van der Waals surface area contributed by atoms with Gasteiger partial charge in [-0.3, -0.25) is 0 Å². The molecule has 0 radical (unpaired) electrons. The van der Waals surface area contributed by atoms with E-state index in [9.17, 15) is 4.79 Å². The number of aliphatic hydroxyl groups excluding tert-OH is 1. The minimum atomic E-state index is -1.13. The summed E-state index contributed by atoms with van der Waals surface area (Å²) in [4.78, 5) is 10.8. The van der Waals surface area contributed by atoms with E-state index in [1.807, 2.05) is 13.8 Å². The van der Waals surface area contributed by atoms with Crippen molar-refractivity contribution in [2.45, 2.75) is 44.6 Å². The number of carboxylic acids is 1. The number of hydrogen-bond acceptors (Lipinski definition) is 8. The fraction of sp³-hybridized carbons (Fsp3) is 0.938. The molecule has 9 nitrogen and oxygen atoms in total. The number of hydrogen-bond donors (Lipinski definition) is 2. The second-order valence-electron chi connectivity index (χ2n) is 6.14. The van der Waals surface area contributed by atoms with Crippen LogP contribution in [0.2, 0.25) is 0 Å². The molecule has 1 fully saturated rings. The second kappa shape index (κ2) is 11.7. The lowest BCUT2D eigenvalue weighted by Crippen LogP contribution is -2.61. The van der Waals surface area contributed by atoms with Gasteiger partial charge in [-0.15, -0.1) is 0 Å². The first-order valence-electron chi connectivity index (χ1n) is 8.29. The lowest BCUT2D eigenvalue weighted by atomic mass is 9.98. The van der Waals surface area contributed by atoms with E-state index in [0.29, 0.717) is 12.5 Å². The summed E-state index contributed by atoms with van der Waals surface area (Å²) in [5, 5.41) is 17.9. The van der Waals surface area contributed by atoms with Gasteiger partial charge in [-0.1, -0.05) is 13.8 Å². The van der Waals surface area contributed by atoms with E-state index < -0.39 is 43.3 Å². The highest BCUT2D eigenvalue weighted by Crippen LogP contribution is 2.28. The topological polar surface area (TPSA) is 113 Å². The highest BCUT2D eigenvalue weighted by atomic mass is 16.7. The Hall–Kier alpha value is -0.810. The van der Waals surface area contributed by atoms with Gasteiger partial charge in [-0.05, 0) is 5.92 Å². The fourth-order valence-corrected chi connectivity index (χ4v) is 2.64. The summed E-state index contributed by atoms with van der Waals surface area (Å²) in [5.41, 5.74) is 0. The van der Waals surface area contributed by atoms with Crippen LogP contribution in [0, 0.1) is 5.92 Å². The summed E-state index contributed by atoms with van der Waals surface area (Å²) >= 11 is 0. The molecule has 0 aliphatic carbocycles. The standard InChI is InChI=1S/C16H30O9/c1-10(2)7-22-8-11-13(20-3)14(21-4)15(23-6-5-17)16(25-11)24-9-12(18)19/h10-11,13-17H,5-9H2,1-4H3,(H,18,19)/t11-,13-,14+,15+,16+/m1/s1. The third kappa shape index (κ3) is 7.14. The van der Waals surface area contributed by atoms with Gasteiger partial charge < -0.3 is 38.6 Å². The lowest BCUT2D eigenvalue weighted by Gasteiger charge is -2.44. The Balaban J connectivity index is 2.86. The summed E-state index contributed by atoms with van der Waals surface area (Å²) in [6.07, 6.45) is -3.31. The minimum absolute atomic E-state index is 0.0335. The largest absolute Gasteiger partial charge is 0.480 e. The Bertz CT molecular complexity index is 377. The van der Waals surface area contributed by atoms with Crippen LogP contribution in [0.4, 0.5) is 0 Å². The number of methoxy groups -OCH3 is 2. The third-order valence-electron chi connectivity index (χ3n) is 3.64. The Morgan fingerprint density at radius 1 is 1.12 bits per heavy atom. The van der Waals surface area contributed by atoms with Gasteiger partial charge in [-0.25, -0.2) is 4.79 Å². The van der Waals surface area contributed by atoms with Gasteiger partial charge in [0.05, 0.1) is 19.8 Å². The summed E-state index contributed by atoms with van der Waals surface area (Å²) in [7, 11) is 3.02. The Morgan fingerprint density at radius 2 is 1.80 bits per heavy atom. The molecule has 1 aliphatic rings. The summed E-state index contributed by atoms with van der Waals surface area (Å²) in [6.45, 7) is 4.16.